The third-order valence-corrected chi connectivity index (χ3v) is 3.36. The van der Waals surface area contributed by atoms with Gasteiger partial charge in [-0.2, -0.15) is 0 Å². The third kappa shape index (κ3) is 2.87. The first-order chi connectivity index (χ1) is 8.56. The summed E-state index contributed by atoms with van der Waals surface area (Å²) >= 11 is 1.47. The van der Waals surface area contributed by atoms with Crippen molar-refractivity contribution in [2.75, 3.05) is 5.73 Å². The number of esters is 1. The van der Waals surface area contributed by atoms with Crippen LogP contribution in [0.25, 0.3) is 0 Å². The summed E-state index contributed by atoms with van der Waals surface area (Å²) in [6, 6.07) is 5.29. The Labute approximate surface area is 109 Å². The lowest BCUT2D eigenvalue weighted by atomic mass is 10.1. The van der Waals surface area contributed by atoms with Crippen LogP contribution in [0.5, 0.6) is 0 Å². The zero-order valence-corrected chi connectivity index (χ0v) is 11.1. The highest BCUT2D eigenvalue weighted by Crippen LogP contribution is 2.16. The molecule has 5 heteroatoms. The maximum absolute atomic E-state index is 11.9. The Hall–Kier alpha value is -1.88. The van der Waals surface area contributed by atoms with Crippen molar-refractivity contribution in [3.8, 4) is 0 Å². The van der Waals surface area contributed by atoms with E-state index in [0.717, 1.165) is 16.3 Å². The van der Waals surface area contributed by atoms with E-state index in [4.69, 9.17) is 10.5 Å². The number of ether oxygens (including phenoxy) is 1. The average molecular weight is 262 g/mol. The van der Waals surface area contributed by atoms with Crippen molar-refractivity contribution in [3.05, 3.63) is 45.4 Å². The first-order valence-electron chi connectivity index (χ1n) is 5.50. The Morgan fingerprint density at radius 2 is 2.22 bits per heavy atom. The molecule has 94 valence electrons. The van der Waals surface area contributed by atoms with Crippen molar-refractivity contribution in [1.82, 2.24) is 4.98 Å². The van der Waals surface area contributed by atoms with Crippen LogP contribution in [0.15, 0.2) is 23.6 Å². The van der Waals surface area contributed by atoms with Gasteiger partial charge in [-0.1, -0.05) is 11.6 Å². The van der Waals surface area contributed by atoms with Crippen molar-refractivity contribution in [1.29, 1.82) is 0 Å². The van der Waals surface area contributed by atoms with Crippen LogP contribution in [0.3, 0.4) is 0 Å². The molecule has 0 saturated carbocycles. The number of nitrogen functional groups attached to an aromatic ring is 1. The first kappa shape index (κ1) is 12.6. The molecular weight excluding hydrogens is 248 g/mol. The maximum Gasteiger partial charge on any atom is 0.340 e. The molecule has 0 atom stereocenters. The van der Waals surface area contributed by atoms with Gasteiger partial charge in [-0.15, -0.1) is 11.3 Å². The lowest BCUT2D eigenvalue weighted by molar-refractivity contribution is 0.0473. The summed E-state index contributed by atoms with van der Waals surface area (Å²) in [4.78, 5) is 16.1. The first-order valence-corrected chi connectivity index (χ1v) is 6.38. The van der Waals surface area contributed by atoms with Crippen molar-refractivity contribution >= 4 is 23.0 Å². The summed E-state index contributed by atoms with van der Waals surface area (Å²) in [6.45, 7) is 3.99. The van der Waals surface area contributed by atoms with E-state index in [9.17, 15) is 4.79 Å². The smallest absolute Gasteiger partial charge is 0.340 e. The second-order valence-electron chi connectivity index (χ2n) is 4.05. The highest BCUT2D eigenvalue weighted by atomic mass is 32.1. The number of thiazole rings is 1. The molecule has 0 aliphatic heterocycles. The number of nitrogens with zero attached hydrogens (tertiary/aromatic N) is 1. The van der Waals surface area contributed by atoms with Crippen LogP contribution >= 0.6 is 11.3 Å². The standard InChI is InChI=1S/C13H14N2O2S/c1-8-3-4-11(14)10(5-8)13(16)17-6-12-15-9(2)7-18-12/h3-5,7H,6,14H2,1-2H3. The second-order valence-corrected chi connectivity index (χ2v) is 4.99. The quantitative estimate of drug-likeness (QED) is 0.682. The molecule has 0 amide bonds. The fraction of sp³-hybridized carbons (Fsp3) is 0.231. The number of hydrogen-bond acceptors (Lipinski definition) is 5. The fourth-order valence-electron chi connectivity index (χ4n) is 1.52. The van der Waals surface area contributed by atoms with Crippen molar-refractivity contribution in [2.24, 2.45) is 0 Å². The van der Waals surface area contributed by atoms with E-state index < -0.39 is 5.97 Å². The normalized spacial score (nSPS) is 10.3. The van der Waals surface area contributed by atoms with Gasteiger partial charge in [0.1, 0.15) is 11.6 Å². The number of carbonyl (C=O) groups is 1. The number of aromatic nitrogens is 1. The minimum Gasteiger partial charge on any atom is -0.455 e. The summed E-state index contributed by atoms with van der Waals surface area (Å²) in [6.07, 6.45) is 0. The number of anilines is 1. The van der Waals surface area contributed by atoms with Crippen molar-refractivity contribution in [2.45, 2.75) is 20.5 Å². The van der Waals surface area contributed by atoms with Crippen LogP contribution in [-0.4, -0.2) is 11.0 Å². The molecule has 0 bridgehead atoms. The van der Waals surface area contributed by atoms with E-state index in [1.54, 1.807) is 12.1 Å². The number of aryl methyl sites for hydroxylation is 2. The van der Waals surface area contributed by atoms with Crippen LogP contribution in [0.4, 0.5) is 5.69 Å². The molecule has 18 heavy (non-hydrogen) atoms. The SMILES string of the molecule is Cc1ccc(N)c(C(=O)OCc2nc(C)cs2)c1. The van der Waals surface area contributed by atoms with Gasteiger partial charge in [0, 0.05) is 16.8 Å². The van der Waals surface area contributed by atoms with E-state index in [1.807, 2.05) is 25.3 Å². The van der Waals surface area contributed by atoms with Crippen LogP contribution < -0.4 is 5.73 Å². The minimum atomic E-state index is -0.413. The molecule has 0 unspecified atom stereocenters. The molecular formula is C13H14N2O2S. The summed E-state index contributed by atoms with van der Waals surface area (Å²) < 4.78 is 5.19. The summed E-state index contributed by atoms with van der Waals surface area (Å²) in [7, 11) is 0. The van der Waals surface area contributed by atoms with E-state index >= 15 is 0 Å². The van der Waals surface area contributed by atoms with Crippen LogP contribution in [-0.2, 0) is 11.3 Å². The lowest BCUT2D eigenvalue weighted by Gasteiger charge is -2.06. The van der Waals surface area contributed by atoms with Gasteiger partial charge in [0.05, 0.1) is 5.56 Å². The van der Waals surface area contributed by atoms with Gasteiger partial charge in [0.25, 0.3) is 0 Å². The van der Waals surface area contributed by atoms with Crippen LogP contribution in [0.2, 0.25) is 0 Å². The van der Waals surface area contributed by atoms with E-state index in [1.165, 1.54) is 11.3 Å². The Balaban J connectivity index is 2.05. The third-order valence-electron chi connectivity index (χ3n) is 2.42. The Morgan fingerprint density at radius 1 is 1.44 bits per heavy atom. The molecule has 1 heterocycles. The molecule has 0 fully saturated rings. The molecule has 1 aromatic heterocycles. The Bertz CT molecular complexity index is 578. The molecule has 2 N–H and O–H groups in total. The zero-order chi connectivity index (χ0) is 13.1. The molecule has 0 aliphatic carbocycles. The number of carbonyl (C=O) groups excluding carboxylic acids is 1. The van der Waals surface area contributed by atoms with Gasteiger partial charge in [-0.05, 0) is 26.0 Å². The minimum absolute atomic E-state index is 0.185. The van der Waals surface area contributed by atoms with E-state index in [-0.39, 0.29) is 6.61 Å². The molecule has 0 saturated heterocycles. The van der Waals surface area contributed by atoms with Gasteiger partial charge < -0.3 is 10.5 Å². The van der Waals surface area contributed by atoms with Crippen LogP contribution in [0.1, 0.15) is 26.6 Å². The Morgan fingerprint density at radius 3 is 2.89 bits per heavy atom. The number of rotatable bonds is 3. The molecule has 4 nitrogen and oxygen atoms in total. The molecule has 0 radical (unpaired) electrons. The van der Waals surface area contributed by atoms with E-state index in [2.05, 4.69) is 4.98 Å². The predicted octanol–water partition coefficient (Wildman–Crippen LogP) is 2.70. The predicted molar refractivity (Wildman–Crippen MR) is 71.6 cm³/mol. The molecule has 0 spiro atoms. The zero-order valence-electron chi connectivity index (χ0n) is 10.3. The number of benzene rings is 1. The van der Waals surface area contributed by atoms with Gasteiger partial charge in [0.2, 0.25) is 0 Å². The second kappa shape index (κ2) is 5.18. The van der Waals surface area contributed by atoms with Crippen molar-refractivity contribution in [3.63, 3.8) is 0 Å². The van der Waals surface area contributed by atoms with Gasteiger partial charge in [-0.25, -0.2) is 9.78 Å². The van der Waals surface area contributed by atoms with Gasteiger partial charge in [0.15, 0.2) is 0 Å². The number of nitrogens with two attached hydrogens (primary N) is 1. The molecule has 1 aromatic carbocycles. The highest BCUT2D eigenvalue weighted by molar-refractivity contribution is 7.09. The average Bonchev–Trinajstić information content (AvgIpc) is 2.75. The molecule has 2 rings (SSSR count). The molecule has 0 aliphatic rings. The Kier molecular flexibility index (Phi) is 3.62. The number of hydrogen-bond donors (Lipinski definition) is 1. The summed E-state index contributed by atoms with van der Waals surface area (Å²) in [5.74, 6) is -0.413. The topological polar surface area (TPSA) is 65.2 Å². The monoisotopic (exact) mass is 262 g/mol. The fourth-order valence-corrected chi connectivity index (χ4v) is 2.20. The van der Waals surface area contributed by atoms with Gasteiger partial charge in [-0.3, -0.25) is 0 Å². The summed E-state index contributed by atoms with van der Waals surface area (Å²) in [5, 5.41) is 2.71. The maximum atomic E-state index is 11.9. The van der Waals surface area contributed by atoms with E-state index in [0.29, 0.717) is 11.3 Å². The van der Waals surface area contributed by atoms with Crippen LogP contribution in [0, 0.1) is 13.8 Å². The highest BCUT2D eigenvalue weighted by Gasteiger charge is 2.12. The van der Waals surface area contributed by atoms with Crippen molar-refractivity contribution < 1.29 is 9.53 Å². The summed E-state index contributed by atoms with van der Waals surface area (Å²) in [5.41, 5.74) is 8.49. The largest absolute Gasteiger partial charge is 0.455 e. The lowest BCUT2D eigenvalue weighted by Crippen LogP contribution is -2.08. The van der Waals surface area contributed by atoms with Gasteiger partial charge >= 0.3 is 5.97 Å². The molecule has 2 aromatic rings.